The number of nitrogens with zero attached hydrogens (tertiary/aromatic N) is 2. The number of rotatable bonds is 2. The Hall–Kier alpha value is -2.21. The van der Waals surface area contributed by atoms with Crippen LogP contribution in [0.5, 0.6) is 0 Å². The number of ether oxygens (including phenoxy) is 1. The molecule has 0 N–H and O–H groups in total. The molecule has 0 spiro atoms. The van der Waals surface area contributed by atoms with Crippen LogP contribution in [0.1, 0.15) is 24.3 Å². The maximum Gasteiger partial charge on any atom is 0.276 e. The van der Waals surface area contributed by atoms with Gasteiger partial charge in [0.05, 0.1) is 24.3 Å². The van der Waals surface area contributed by atoms with Crippen LogP contribution in [-0.4, -0.2) is 41.3 Å². The average molecular weight is 304 g/mol. The quantitative estimate of drug-likeness (QED) is 0.856. The van der Waals surface area contributed by atoms with E-state index < -0.39 is 5.82 Å². The minimum absolute atomic E-state index is 0.0157. The lowest BCUT2D eigenvalue weighted by Gasteiger charge is -2.36. The van der Waals surface area contributed by atoms with Gasteiger partial charge in [0.25, 0.3) is 5.91 Å². The molecule has 1 aromatic carbocycles. The largest absolute Gasteiger partial charge is 0.375 e. The molecule has 1 aromatic heterocycles. The Balaban J connectivity index is 1.84. The van der Waals surface area contributed by atoms with Gasteiger partial charge in [-0.15, -0.1) is 0 Å². The van der Waals surface area contributed by atoms with Gasteiger partial charge in [-0.1, -0.05) is 17.3 Å². The van der Waals surface area contributed by atoms with Crippen molar-refractivity contribution in [3.05, 3.63) is 41.8 Å². The molecule has 1 saturated heterocycles. The van der Waals surface area contributed by atoms with E-state index in [4.69, 9.17) is 9.26 Å². The summed E-state index contributed by atoms with van der Waals surface area (Å²) in [6, 6.07) is 7.67. The van der Waals surface area contributed by atoms with Gasteiger partial charge in [0, 0.05) is 12.6 Å². The molecule has 22 heavy (non-hydrogen) atoms. The van der Waals surface area contributed by atoms with Crippen LogP contribution in [0.15, 0.2) is 34.9 Å². The number of amides is 1. The zero-order valence-corrected chi connectivity index (χ0v) is 12.5. The van der Waals surface area contributed by atoms with E-state index in [1.54, 1.807) is 23.1 Å². The summed E-state index contributed by atoms with van der Waals surface area (Å²) in [5.41, 5.74) is 0.469. The molecule has 1 fully saturated rings. The van der Waals surface area contributed by atoms with E-state index in [0.717, 1.165) is 0 Å². The Morgan fingerprint density at radius 1 is 1.36 bits per heavy atom. The highest BCUT2D eigenvalue weighted by molar-refractivity contribution is 5.93. The topological polar surface area (TPSA) is 55.6 Å². The fraction of sp³-hybridized carbons (Fsp3) is 0.375. The molecule has 5 nitrogen and oxygen atoms in total. The molecule has 1 amide bonds. The van der Waals surface area contributed by atoms with Gasteiger partial charge in [0.1, 0.15) is 5.82 Å². The summed E-state index contributed by atoms with van der Waals surface area (Å²) in [5.74, 6) is -0.393. The molecule has 0 aliphatic carbocycles. The Morgan fingerprint density at radius 3 is 2.91 bits per heavy atom. The second kappa shape index (κ2) is 5.88. The van der Waals surface area contributed by atoms with Crippen LogP contribution in [0.2, 0.25) is 0 Å². The van der Waals surface area contributed by atoms with Gasteiger partial charge in [-0.25, -0.2) is 4.39 Å². The summed E-state index contributed by atoms with van der Waals surface area (Å²) < 4.78 is 24.4. The van der Waals surface area contributed by atoms with Crippen LogP contribution in [-0.2, 0) is 4.74 Å². The molecule has 6 heteroatoms. The summed E-state index contributed by atoms with van der Waals surface area (Å²) in [6.07, 6.45) is -0.0157. The van der Waals surface area contributed by atoms with Gasteiger partial charge >= 0.3 is 0 Å². The normalized spacial score (nSPS) is 21.9. The first-order valence-electron chi connectivity index (χ1n) is 7.20. The lowest BCUT2D eigenvalue weighted by atomic mass is 10.1. The summed E-state index contributed by atoms with van der Waals surface area (Å²) in [5, 5.41) is 3.79. The predicted octanol–water partition coefficient (Wildman–Crippen LogP) is 2.73. The molecular weight excluding hydrogens is 287 g/mol. The molecule has 0 saturated carbocycles. The second-order valence-corrected chi connectivity index (χ2v) is 5.51. The SMILES string of the molecule is C[C@@H]1CN(C(=O)c2cc(-c3ccccc3F)on2)[C@H](C)CO1. The lowest BCUT2D eigenvalue weighted by molar-refractivity contribution is -0.0390. The fourth-order valence-electron chi connectivity index (χ4n) is 2.50. The van der Waals surface area contributed by atoms with Gasteiger partial charge in [0.15, 0.2) is 11.5 Å². The van der Waals surface area contributed by atoms with Crippen molar-refractivity contribution in [1.29, 1.82) is 0 Å². The molecular formula is C16H17FN2O3. The summed E-state index contributed by atoms with van der Waals surface area (Å²) in [4.78, 5) is 14.2. The van der Waals surface area contributed by atoms with Gasteiger partial charge < -0.3 is 14.2 Å². The summed E-state index contributed by atoms with van der Waals surface area (Å²) in [7, 11) is 0. The van der Waals surface area contributed by atoms with E-state index in [1.165, 1.54) is 12.1 Å². The maximum absolute atomic E-state index is 13.8. The van der Waals surface area contributed by atoms with E-state index in [1.807, 2.05) is 13.8 Å². The first kappa shape index (κ1) is 14.7. The van der Waals surface area contributed by atoms with Crippen LogP contribution in [0.25, 0.3) is 11.3 Å². The zero-order chi connectivity index (χ0) is 15.7. The molecule has 2 atom stereocenters. The molecule has 0 bridgehead atoms. The number of morpholine rings is 1. The van der Waals surface area contributed by atoms with Crippen molar-refractivity contribution in [2.45, 2.75) is 26.0 Å². The molecule has 2 heterocycles. The van der Waals surface area contributed by atoms with E-state index in [-0.39, 0.29) is 35.1 Å². The number of hydrogen-bond donors (Lipinski definition) is 0. The monoisotopic (exact) mass is 304 g/mol. The van der Waals surface area contributed by atoms with Crippen LogP contribution in [0.3, 0.4) is 0 Å². The van der Waals surface area contributed by atoms with Crippen LogP contribution in [0, 0.1) is 5.82 Å². The smallest absolute Gasteiger partial charge is 0.276 e. The highest BCUT2D eigenvalue weighted by Gasteiger charge is 2.30. The van der Waals surface area contributed by atoms with Gasteiger partial charge in [-0.3, -0.25) is 4.79 Å². The number of aromatic nitrogens is 1. The number of carbonyl (C=O) groups excluding carboxylic acids is 1. The van der Waals surface area contributed by atoms with E-state index in [9.17, 15) is 9.18 Å². The Kier molecular flexibility index (Phi) is 3.94. The minimum atomic E-state index is -0.411. The Bertz CT molecular complexity index is 686. The molecule has 1 aliphatic heterocycles. The standard InChI is InChI=1S/C16H17FN2O3/c1-10-9-21-11(2)8-19(10)16(20)14-7-15(22-18-14)12-5-3-4-6-13(12)17/h3-7,10-11H,8-9H2,1-2H3/t10-,11-/m1/s1. The number of benzene rings is 1. The highest BCUT2D eigenvalue weighted by atomic mass is 19.1. The summed E-state index contributed by atoms with van der Waals surface area (Å²) >= 11 is 0. The van der Waals surface area contributed by atoms with E-state index in [2.05, 4.69) is 5.16 Å². The molecule has 1 aliphatic rings. The Morgan fingerprint density at radius 2 is 2.14 bits per heavy atom. The lowest BCUT2D eigenvalue weighted by Crippen LogP contribution is -2.50. The summed E-state index contributed by atoms with van der Waals surface area (Å²) in [6.45, 7) is 4.83. The molecule has 0 unspecified atom stereocenters. The molecule has 2 aromatic rings. The maximum atomic E-state index is 13.8. The number of halogens is 1. The van der Waals surface area contributed by atoms with Gasteiger partial charge in [-0.05, 0) is 26.0 Å². The average Bonchev–Trinajstić information content (AvgIpc) is 2.99. The number of hydrogen-bond acceptors (Lipinski definition) is 4. The van der Waals surface area contributed by atoms with E-state index >= 15 is 0 Å². The van der Waals surface area contributed by atoms with Gasteiger partial charge in [0.2, 0.25) is 0 Å². The first-order valence-corrected chi connectivity index (χ1v) is 7.20. The molecule has 3 rings (SSSR count). The number of carbonyl (C=O) groups is 1. The van der Waals surface area contributed by atoms with Crippen molar-refractivity contribution in [2.75, 3.05) is 13.2 Å². The first-order chi connectivity index (χ1) is 10.6. The Labute approximate surface area is 127 Å². The minimum Gasteiger partial charge on any atom is -0.375 e. The van der Waals surface area contributed by atoms with Crippen LogP contribution >= 0.6 is 0 Å². The third-order valence-electron chi connectivity index (χ3n) is 3.74. The van der Waals surface area contributed by atoms with Crippen molar-refractivity contribution < 1.29 is 18.4 Å². The highest BCUT2D eigenvalue weighted by Crippen LogP contribution is 2.24. The van der Waals surface area contributed by atoms with Crippen molar-refractivity contribution in [3.63, 3.8) is 0 Å². The molecule has 116 valence electrons. The van der Waals surface area contributed by atoms with Crippen molar-refractivity contribution in [1.82, 2.24) is 10.1 Å². The van der Waals surface area contributed by atoms with Crippen molar-refractivity contribution in [2.24, 2.45) is 0 Å². The second-order valence-electron chi connectivity index (χ2n) is 5.51. The third kappa shape index (κ3) is 2.74. The molecule has 0 radical (unpaired) electrons. The van der Waals surface area contributed by atoms with E-state index in [0.29, 0.717) is 13.2 Å². The predicted molar refractivity (Wildman–Crippen MR) is 77.8 cm³/mol. The van der Waals surface area contributed by atoms with Gasteiger partial charge in [-0.2, -0.15) is 0 Å². The third-order valence-corrected chi connectivity index (χ3v) is 3.74. The fourth-order valence-corrected chi connectivity index (χ4v) is 2.50. The van der Waals surface area contributed by atoms with Crippen LogP contribution in [0.4, 0.5) is 4.39 Å². The van der Waals surface area contributed by atoms with Crippen LogP contribution < -0.4 is 0 Å². The van der Waals surface area contributed by atoms with Crippen molar-refractivity contribution >= 4 is 5.91 Å². The van der Waals surface area contributed by atoms with Crippen molar-refractivity contribution in [3.8, 4) is 11.3 Å². The zero-order valence-electron chi connectivity index (χ0n) is 12.5.